The van der Waals surface area contributed by atoms with E-state index in [2.05, 4.69) is 22.6 Å². The fourth-order valence-electron chi connectivity index (χ4n) is 1.46. The predicted octanol–water partition coefficient (Wildman–Crippen LogP) is 3.29. The third-order valence-electron chi connectivity index (χ3n) is 2.45. The summed E-state index contributed by atoms with van der Waals surface area (Å²) in [7, 11) is 0. The third kappa shape index (κ3) is 2.17. The van der Waals surface area contributed by atoms with Crippen molar-refractivity contribution in [3.8, 4) is 0 Å². The smallest absolute Gasteiger partial charge is 0.138 e. The molecule has 2 aromatic heterocycles. The quantitative estimate of drug-likeness (QED) is 0.539. The Morgan fingerprint density at radius 1 is 1.44 bits per heavy atom. The molecule has 0 spiro atoms. The number of hydrogen-bond acceptors (Lipinski definition) is 3. The molecule has 0 aliphatic rings. The lowest BCUT2D eigenvalue weighted by Crippen LogP contribution is -1.89. The molecule has 0 bridgehead atoms. The van der Waals surface area contributed by atoms with E-state index in [1.54, 1.807) is 13.1 Å². The summed E-state index contributed by atoms with van der Waals surface area (Å²) in [6, 6.07) is 3.97. The molecule has 2 N–H and O–H groups in total. The van der Waals surface area contributed by atoms with E-state index in [1.165, 1.54) is 0 Å². The molecule has 0 saturated heterocycles. The number of aromatic nitrogens is 2. The summed E-state index contributed by atoms with van der Waals surface area (Å²) in [4.78, 5) is 7.35. The van der Waals surface area contributed by atoms with Crippen LogP contribution in [0.4, 0.5) is 0 Å². The molecular formula is C12H13N3S. The first-order chi connectivity index (χ1) is 7.56. The van der Waals surface area contributed by atoms with Crippen molar-refractivity contribution >= 4 is 35.4 Å². The maximum Gasteiger partial charge on any atom is 0.138 e. The van der Waals surface area contributed by atoms with Gasteiger partial charge in [0.15, 0.2) is 0 Å². The molecular weight excluding hydrogens is 218 g/mol. The maximum atomic E-state index is 7.51. The second kappa shape index (κ2) is 4.14. The van der Waals surface area contributed by atoms with Crippen molar-refractivity contribution in [3.63, 3.8) is 0 Å². The average Bonchev–Trinajstić information content (AvgIpc) is 2.57. The second-order valence-corrected chi connectivity index (χ2v) is 4.30. The first kappa shape index (κ1) is 11.0. The van der Waals surface area contributed by atoms with Gasteiger partial charge in [-0.25, -0.2) is 4.98 Å². The van der Waals surface area contributed by atoms with E-state index >= 15 is 0 Å². The Morgan fingerprint density at radius 2 is 2.19 bits per heavy atom. The summed E-state index contributed by atoms with van der Waals surface area (Å²) in [5.74, 6) is 0. The van der Waals surface area contributed by atoms with Crippen LogP contribution in [0.15, 0.2) is 28.9 Å². The molecule has 0 fully saturated rings. The Kier molecular flexibility index (Phi) is 2.83. The van der Waals surface area contributed by atoms with Gasteiger partial charge in [0.2, 0.25) is 0 Å². The Hall–Kier alpha value is -1.55. The minimum Gasteiger partial charge on any atom is -0.335 e. The second-order valence-electron chi connectivity index (χ2n) is 3.81. The van der Waals surface area contributed by atoms with Crippen LogP contribution in [0.2, 0.25) is 0 Å². The number of aromatic amines is 1. The normalized spacial score (nSPS) is 12.1. The van der Waals surface area contributed by atoms with E-state index in [9.17, 15) is 0 Å². The molecule has 3 nitrogen and oxygen atoms in total. The van der Waals surface area contributed by atoms with Crippen molar-refractivity contribution in [3.05, 3.63) is 29.5 Å². The number of thiol groups is 1. The van der Waals surface area contributed by atoms with Gasteiger partial charge in [0, 0.05) is 17.3 Å². The van der Waals surface area contributed by atoms with Crippen molar-refractivity contribution in [1.29, 1.82) is 5.41 Å². The average molecular weight is 231 g/mol. The molecule has 0 unspecified atom stereocenters. The van der Waals surface area contributed by atoms with E-state index in [0.29, 0.717) is 5.71 Å². The molecule has 2 rings (SSSR count). The first-order valence-corrected chi connectivity index (χ1v) is 5.42. The Labute approximate surface area is 99.5 Å². The Morgan fingerprint density at radius 3 is 2.88 bits per heavy atom. The van der Waals surface area contributed by atoms with Crippen molar-refractivity contribution in [2.24, 2.45) is 0 Å². The SMILES string of the molecule is CC(=N)/C(C)=C/c1cnc2[nH]c(S)cc2c1. The van der Waals surface area contributed by atoms with Crippen LogP contribution in [0.3, 0.4) is 0 Å². The number of H-pyrrole nitrogens is 1. The molecule has 2 aromatic rings. The Balaban J connectivity index is 2.47. The number of pyridine rings is 1. The minimum atomic E-state index is 0.573. The van der Waals surface area contributed by atoms with Gasteiger partial charge in [-0.05, 0) is 43.2 Å². The molecule has 4 heteroatoms. The summed E-state index contributed by atoms with van der Waals surface area (Å²) in [5, 5.41) is 9.35. The summed E-state index contributed by atoms with van der Waals surface area (Å²) >= 11 is 4.23. The van der Waals surface area contributed by atoms with Crippen molar-refractivity contribution in [2.45, 2.75) is 18.9 Å². The predicted molar refractivity (Wildman–Crippen MR) is 70.4 cm³/mol. The van der Waals surface area contributed by atoms with Crippen LogP contribution in [0.1, 0.15) is 19.4 Å². The van der Waals surface area contributed by atoms with E-state index in [4.69, 9.17) is 5.41 Å². The van der Waals surface area contributed by atoms with Crippen molar-refractivity contribution in [1.82, 2.24) is 9.97 Å². The Bertz CT molecular complexity index is 581. The lowest BCUT2D eigenvalue weighted by molar-refractivity contribution is 1.21. The first-order valence-electron chi connectivity index (χ1n) is 4.98. The zero-order chi connectivity index (χ0) is 11.7. The van der Waals surface area contributed by atoms with Crippen molar-refractivity contribution < 1.29 is 0 Å². The monoisotopic (exact) mass is 231 g/mol. The highest BCUT2D eigenvalue weighted by Gasteiger charge is 2.00. The third-order valence-corrected chi connectivity index (χ3v) is 2.69. The van der Waals surface area contributed by atoms with E-state index in [1.807, 2.05) is 25.1 Å². The number of fused-ring (bicyclic) bond motifs is 1. The molecule has 16 heavy (non-hydrogen) atoms. The van der Waals surface area contributed by atoms with E-state index in [-0.39, 0.29) is 0 Å². The summed E-state index contributed by atoms with van der Waals surface area (Å²) < 4.78 is 0. The fraction of sp³-hybridized carbons (Fsp3) is 0.167. The molecule has 0 atom stereocenters. The van der Waals surface area contributed by atoms with E-state index < -0.39 is 0 Å². The molecule has 82 valence electrons. The van der Waals surface area contributed by atoms with Crippen molar-refractivity contribution in [2.75, 3.05) is 0 Å². The number of hydrogen-bond donors (Lipinski definition) is 3. The van der Waals surface area contributed by atoms with Crippen LogP contribution in [-0.2, 0) is 0 Å². The summed E-state index contributed by atoms with van der Waals surface area (Å²) in [6.07, 6.45) is 3.75. The van der Waals surface area contributed by atoms with Gasteiger partial charge in [0.1, 0.15) is 5.65 Å². The lowest BCUT2D eigenvalue weighted by Gasteiger charge is -1.98. The largest absolute Gasteiger partial charge is 0.335 e. The highest BCUT2D eigenvalue weighted by atomic mass is 32.1. The number of allylic oxidation sites excluding steroid dienone is 1. The topological polar surface area (TPSA) is 52.5 Å². The van der Waals surface area contributed by atoms with Gasteiger partial charge in [-0.15, -0.1) is 12.6 Å². The lowest BCUT2D eigenvalue weighted by atomic mass is 10.1. The maximum absolute atomic E-state index is 7.51. The van der Waals surface area contributed by atoms with Crippen LogP contribution in [-0.4, -0.2) is 15.7 Å². The minimum absolute atomic E-state index is 0.573. The zero-order valence-electron chi connectivity index (χ0n) is 9.20. The molecule has 0 aromatic carbocycles. The van der Waals surface area contributed by atoms with Crippen LogP contribution in [0.5, 0.6) is 0 Å². The molecule has 0 saturated carbocycles. The van der Waals surface area contributed by atoms with Gasteiger partial charge in [0.25, 0.3) is 0 Å². The van der Waals surface area contributed by atoms with Gasteiger partial charge >= 0.3 is 0 Å². The van der Waals surface area contributed by atoms with Gasteiger partial charge < -0.3 is 10.4 Å². The standard InChI is InChI=1S/C12H13N3S/c1-7(8(2)13)3-9-4-10-5-11(16)15-12(10)14-6-9/h3-6,13,16H,1-2H3,(H,14,15)/b7-3+,13-8?. The number of nitrogens with zero attached hydrogens (tertiary/aromatic N) is 1. The summed E-state index contributed by atoms with van der Waals surface area (Å²) in [5.41, 5.74) is 3.36. The van der Waals surface area contributed by atoms with Gasteiger partial charge in [-0.1, -0.05) is 0 Å². The molecule has 0 aliphatic heterocycles. The number of rotatable bonds is 2. The molecule has 0 amide bonds. The fourth-order valence-corrected chi connectivity index (χ4v) is 1.70. The van der Waals surface area contributed by atoms with Gasteiger partial charge in [-0.3, -0.25) is 0 Å². The van der Waals surface area contributed by atoms with Gasteiger partial charge in [0.05, 0.1) is 5.03 Å². The van der Waals surface area contributed by atoms with Crippen LogP contribution < -0.4 is 0 Å². The van der Waals surface area contributed by atoms with Crippen LogP contribution >= 0.6 is 12.6 Å². The highest BCUT2D eigenvalue weighted by molar-refractivity contribution is 7.80. The summed E-state index contributed by atoms with van der Waals surface area (Å²) in [6.45, 7) is 3.70. The molecule has 0 aliphatic carbocycles. The van der Waals surface area contributed by atoms with E-state index in [0.717, 1.165) is 27.2 Å². The molecule has 0 radical (unpaired) electrons. The highest BCUT2D eigenvalue weighted by Crippen LogP contribution is 2.18. The zero-order valence-corrected chi connectivity index (χ0v) is 10.1. The molecule has 2 heterocycles. The van der Waals surface area contributed by atoms with Gasteiger partial charge in [-0.2, -0.15) is 0 Å². The number of nitrogens with one attached hydrogen (secondary N) is 2. The van der Waals surface area contributed by atoms with Crippen LogP contribution in [0.25, 0.3) is 17.1 Å². The van der Waals surface area contributed by atoms with Crippen LogP contribution in [0, 0.1) is 5.41 Å².